The van der Waals surface area contributed by atoms with Crippen LogP contribution in [0.3, 0.4) is 0 Å². The SMILES string of the molecule is Cc1ccc(N2CCN(C(=O)[C@@H](O)c3ccccc3)C[C@H]2c2ccc(Cl)cc2)c(Cl)c1. The molecule has 0 radical (unpaired) electrons. The lowest BCUT2D eigenvalue weighted by atomic mass is 10.00. The summed E-state index contributed by atoms with van der Waals surface area (Å²) in [6, 6.07) is 22.6. The van der Waals surface area contributed by atoms with Crippen LogP contribution < -0.4 is 4.90 Å². The summed E-state index contributed by atoms with van der Waals surface area (Å²) in [7, 11) is 0. The highest BCUT2D eigenvalue weighted by Crippen LogP contribution is 2.36. The minimum absolute atomic E-state index is 0.113. The van der Waals surface area contributed by atoms with Crippen molar-refractivity contribution in [3.8, 4) is 0 Å². The Kier molecular flexibility index (Phi) is 6.51. The Morgan fingerprint density at radius 1 is 1.00 bits per heavy atom. The Bertz CT molecular complexity index is 1060. The molecule has 4 rings (SSSR count). The molecule has 1 aliphatic heterocycles. The molecule has 0 aliphatic carbocycles. The quantitative estimate of drug-likeness (QED) is 0.571. The highest BCUT2D eigenvalue weighted by Gasteiger charge is 2.34. The second-order valence-electron chi connectivity index (χ2n) is 7.81. The first-order valence-corrected chi connectivity index (χ1v) is 11.0. The fourth-order valence-corrected chi connectivity index (χ4v) is 4.51. The first kappa shape index (κ1) is 21.7. The van der Waals surface area contributed by atoms with E-state index in [2.05, 4.69) is 4.90 Å². The zero-order chi connectivity index (χ0) is 22.0. The number of aliphatic hydroxyl groups excluding tert-OH is 1. The number of benzene rings is 3. The predicted octanol–water partition coefficient (Wildman–Crippen LogP) is 5.43. The summed E-state index contributed by atoms with van der Waals surface area (Å²) in [6.45, 7) is 3.54. The lowest BCUT2D eigenvalue weighted by molar-refractivity contribution is -0.141. The topological polar surface area (TPSA) is 43.8 Å². The van der Waals surface area contributed by atoms with Crippen LogP contribution in [0.5, 0.6) is 0 Å². The van der Waals surface area contributed by atoms with E-state index >= 15 is 0 Å². The molecule has 1 fully saturated rings. The van der Waals surface area contributed by atoms with Crippen molar-refractivity contribution in [2.45, 2.75) is 19.1 Å². The molecule has 0 unspecified atom stereocenters. The van der Waals surface area contributed by atoms with Crippen LogP contribution in [0.2, 0.25) is 10.0 Å². The van der Waals surface area contributed by atoms with Gasteiger partial charge in [0, 0.05) is 24.7 Å². The Labute approximate surface area is 192 Å². The van der Waals surface area contributed by atoms with Crippen LogP contribution in [0.4, 0.5) is 5.69 Å². The lowest BCUT2D eigenvalue weighted by Crippen LogP contribution is -2.51. The van der Waals surface area contributed by atoms with Crippen LogP contribution in [-0.4, -0.2) is 35.5 Å². The zero-order valence-electron chi connectivity index (χ0n) is 17.2. The highest BCUT2D eigenvalue weighted by atomic mass is 35.5. The van der Waals surface area contributed by atoms with E-state index in [9.17, 15) is 9.90 Å². The van der Waals surface area contributed by atoms with Crippen molar-refractivity contribution in [3.63, 3.8) is 0 Å². The Morgan fingerprint density at radius 3 is 2.39 bits per heavy atom. The number of halogens is 2. The smallest absolute Gasteiger partial charge is 0.256 e. The largest absolute Gasteiger partial charge is 0.378 e. The number of rotatable bonds is 4. The van der Waals surface area contributed by atoms with Crippen molar-refractivity contribution in [3.05, 3.63) is 99.5 Å². The number of nitrogens with zero attached hydrogens (tertiary/aromatic N) is 2. The van der Waals surface area contributed by atoms with Gasteiger partial charge in [0.05, 0.1) is 16.8 Å². The molecule has 3 aromatic rings. The molecule has 1 heterocycles. The monoisotopic (exact) mass is 454 g/mol. The molecule has 1 saturated heterocycles. The maximum absolute atomic E-state index is 13.1. The van der Waals surface area contributed by atoms with E-state index in [1.807, 2.05) is 67.6 Å². The number of piperazine rings is 1. The molecule has 1 amide bonds. The Morgan fingerprint density at radius 2 is 1.71 bits per heavy atom. The normalized spacial score (nSPS) is 17.5. The van der Waals surface area contributed by atoms with Crippen molar-refractivity contribution in [1.29, 1.82) is 0 Å². The molecular weight excluding hydrogens is 431 g/mol. The van der Waals surface area contributed by atoms with Gasteiger partial charge in [-0.2, -0.15) is 0 Å². The number of amides is 1. The van der Waals surface area contributed by atoms with E-state index < -0.39 is 6.10 Å². The predicted molar refractivity (Wildman–Crippen MR) is 126 cm³/mol. The molecule has 2 atom stereocenters. The molecule has 160 valence electrons. The molecule has 0 spiro atoms. The maximum Gasteiger partial charge on any atom is 0.256 e. The van der Waals surface area contributed by atoms with E-state index in [4.69, 9.17) is 23.2 Å². The molecule has 3 aromatic carbocycles. The van der Waals surface area contributed by atoms with Crippen LogP contribution in [0.1, 0.15) is 28.8 Å². The van der Waals surface area contributed by atoms with Gasteiger partial charge in [0.25, 0.3) is 5.91 Å². The number of hydrogen-bond donors (Lipinski definition) is 1. The summed E-state index contributed by atoms with van der Waals surface area (Å²) in [5.41, 5.74) is 3.66. The number of anilines is 1. The van der Waals surface area contributed by atoms with Gasteiger partial charge in [0.1, 0.15) is 0 Å². The molecule has 1 aliphatic rings. The van der Waals surface area contributed by atoms with Crippen molar-refractivity contribution in [2.75, 3.05) is 24.5 Å². The lowest BCUT2D eigenvalue weighted by Gasteiger charge is -2.44. The van der Waals surface area contributed by atoms with Gasteiger partial charge in [0.2, 0.25) is 0 Å². The second kappa shape index (κ2) is 9.31. The fourth-order valence-electron chi connectivity index (χ4n) is 4.04. The molecule has 0 aromatic heterocycles. The average Bonchev–Trinajstić information content (AvgIpc) is 2.79. The third kappa shape index (κ3) is 4.72. The highest BCUT2D eigenvalue weighted by molar-refractivity contribution is 6.33. The van der Waals surface area contributed by atoms with Crippen LogP contribution in [-0.2, 0) is 4.79 Å². The number of hydrogen-bond acceptors (Lipinski definition) is 3. The molecule has 1 N–H and O–H groups in total. The van der Waals surface area contributed by atoms with E-state index in [1.165, 1.54) is 0 Å². The first-order valence-electron chi connectivity index (χ1n) is 10.2. The van der Waals surface area contributed by atoms with Gasteiger partial charge in [-0.05, 0) is 47.9 Å². The third-order valence-corrected chi connectivity index (χ3v) is 6.26. The van der Waals surface area contributed by atoms with Gasteiger partial charge in [-0.15, -0.1) is 0 Å². The summed E-state index contributed by atoms with van der Waals surface area (Å²) in [6.07, 6.45) is -1.18. The fraction of sp³-hybridized carbons (Fsp3) is 0.240. The van der Waals surface area contributed by atoms with Crippen molar-refractivity contribution < 1.29 is 9.90 Å². The van der Waals surface area contributed by atoms with Crippen LogP contribution in [0.25, 0.3) is 0 Å². The number of carbonyl (C=O) groups is 1. The van der Waals surface area contributed by atoms with E-state index in [0.717, 1.165) is 16.8 Å². The van der Waals surface area contributed by atoms with Crippen molar-refractivity contribution in [1.82, 2.24) is 4.90 Å². The molecule has 31 heavy (non-hydrogen) atoms. The minimum atomic E-state index is -1.18. The average molecular weight is 455 g/mol. The summed E-state index contributed by atoms with van der Waals surface area (Å²) < 4.78 is 0. The Hall–Kier alpha value is -2.53. The standard InChI is InChI=1S/C25H24Cl2N2O2/c1-17-7-12-22(21(27)15-17)29-14-13-28(16-23(29)18-8-10-20(26)11-9-18)25(31)24(30)19-5-3-2-4-6-19/h2-12,15,23-24,30H,13-14,16H2,1H3/t23-,24-/m0/s1. The van der Waals surface area contributed by atoms with Crippen LogP contribution >= 0.6 is 23.2 Å². The molecule has 4 nitrogen and oxygen atoms in total. The van der Waals surface area contributed by atoms with Crippen LogP contribution in [0.15, 0.2) is 72.8 Å². The summed E-state index contributed by atoms with van der Waals surface area (Å²) in [5.74, 6) is -0.292. The third-order valence-electron chi connectivity index (χ3n) is 5.71. The van der Waals surface area contributed by atoms with Gasteiger partial charge < -0.3 is 14.9 Å². The van der Waals surface area contributed by atoms with E-state index in [1.54, 1.807) is 17.0 Å². The zero-order valence-corrected chi connectivity index (χ0v) is 18.7. The van der Waals surface area contributed by atoms with Gasteiger partial charge in [-0.1, -0.05) is 71.7 Å². The minimum Gasteiger partial charge on any atom is -0.378 e. The number of aryl methyl sites for hydroxylation is 1. The van der Waals surface area contributed by atoms with E-state index in [0.29, 0.717) is 35.2 Å². The van der Waals surface area contributed by atoms with Gasteiger partial charge in [0.15, 0.2) is 6.10 Å². The molecule has 0 bridgehead atoms. The van der Waals surface area contributed by atoms with Gasteiger partial charge in [-0.25, -0.2) is 0 Å². The van der Waals surface area contributed by atoms with Crippen molar-refractivity contribution >= 4 is 34.8 Å². The second-order valence-corrected chi connectivity index (χ2v) is 8.66. The van der Waals surface area contributed by atoms with Gasteiger partial charge in [-0.3, -0.25) is 4.79 Å². The molecule has 6 heteroatoms. The number of carbonyl (C=O) groups excluding carboxylic acids is 1. The molecule has 0 saturated carbocycles. The van der Waals surface area contributed by atoms with E-state index in [-0.39, 0.29) is 11.9 Å². The van der Waals surface area contributed by atoms with Gasteiger partial charge >= 0.3 is 0 Å². The summed E-state index contributed by atoms with van der Waals surface area (Å²) in [5, 5.41) is 12.0. The molecular formula is C25H24Cl2N2O2. The van der Waals surface area contributed by atoms with Crippen molar-refractivity contribution in [2.24, 2.45) is 0 Å². The Balaban J connectivity index is 1.64. The summed E-state index contributed by atoms with van der Waals surface area (Å²) in [4.78, 5) is 17.1. The first-order chi connectivity index (χ1) is 14.9. The van der Waals surface area contributed by atoms with Crippen LogP contribution in [0, 0.1) is 6.92 Å². The number of aliphatic hydroxyl groups is 1. The summed E-state index contributed by atoms with van der Waals surface area (Å²) >= 11 is 12.7. The maximum atomic E-state index is 13.1.